The van der Waals surface area contributed by atoms with Gasteiger partial charge >= 0.3 is 26.2 Å². The molecule has 35 heavy (non-hydrogen) atoms. The molecule has 0 atom stereocenters. The van der Waals surface area contributed by atoms with Gasteiger partial charge in [-0.2, -0.15) is 0 Å². The Kier molecular flexibility index (Phi) is 9.55. The second-order valence-corrected chi connectivity index (χ2v) is 10.0. The van der Waals surface area contributed by atoms with Crippen LogP contribution in [0.3, 0.4) is 0 Å². The van der Waals surface area contributed by atoms with Crippen LogP contribution >= 0.6 is 27.3 Å². The van der Waals surface area contributed by atoms with Crippen molar-refractivity contribution in [1.82, 2.24) is 0 Å². The van der Waals surface area contributed by atoms with Gasteiger partial charge in [-0.3, -0.25) is 0 Å². The monoisotopic (exact) mass is 650 g/mol. The summed E-state index contributed by atoms with van der Waals surface area (Å²) in [5.41, 5.74) is 2.56. The minimum atomic E-state index is 0. The third-order valence-corrected chi connectivity index (χ3v) is 7.44. The van der Waals surface area contributed by atoms with E-state index in [0.717, 1.165) is 4.47 Å². The summed E-state index contributed by atoms with van der Waals surface area (Å²) in [7, 11) is 0. The van der Waals surface area contributed by atoms with Crippen molar-refractivity contribution in [3.05, 3.63) is 120 Å². The summed E-state index contributed by atoms with van der Waals surface area (Å²) in [6.45, 7) is 0. The molecule has 0 unspecified atom stereocenters. The van der Waals surface area contributed by atoms with Crippen molar-refractivity contribution in [1.29, 1.82) is 0 Å². The minimum absolute atomic E-state index is 0. The van der Waals surface area contributed by atoms with E-state index >= 15 is 0 Å². The molecular weight excluding hydrogens is 634 g/mol. The Bertz CT molecular complexity index is 1700. The van der Waals surface area contributed by atoms with Crippen molar-refractivity contribution in [2.24, 2.45) is 0 Å². The van der Waals surface area contributed by atoms with Gasteiger partial charge in [-0.1, -0.05) is 105 Å². The van der Waals surface area contributed by atoms with E-state index in [9.17, 15) is 0 Å². The van der Waals surface area contributed by atoms with Crippen molar-refractivity contribution >= 4 is 69.0 Å². The molecule has 0 spiro atoms. The first-order valence-corrected chi connectivity index (χ1v) is 12.2. The molecule has 5 heteroatoms. The van der Waals surface area contributed by atoms with Gasteiger partial charge in [0, 0.05) is 9.17 Å². The zero-order chi connectivity index (χ0) is 21.5. The van der Waals surface area contributed by atoms with Gasteiger partial charge in [-0.25, -0.2) is 0 Å². The van der Waals surface area contributed by atoms with Gasteiger partial charge < -0.3 is 24.8 Å². The predicted octanol–water partition coefficient (Wildman–Crippen LogP) is 3.92. The van der Waals surface area contributed by atoms with Crippen LogP contribution in [0.1, 0.15) is 0 Å². The molecule has 1 heterocycles. The third kappa shape index (κ3) is 5.82. The summed E-state index contributed by atoms with van der Waals surface area (Å²) in [5.74, 6) is 0. The number of fused-ring (bicyclic) bond motifs is 5. The van der Waals surface area contributed by atoms with E-state index in [-0.39, 0.29) is 51.0 Å². The summed E-state index contributed by atoms with van der Waals surface area (Å²) in [6, 6.07) is 41.2. The summed E-state index contributed by atoms with van der Waals surface area (Å²) >= 11 is 5.35. The van der Waals surface area contributed by atoms with Crippen molar-refractivity contribution in [2.75, 3.05) is 0 Å². The maximum absolute atomic E-state index is 3.50. The van der Waals surface area contributed by atoms with Crippen LogP contribution in [0.5, 0.6) is 0 Å². The molecule has 0 amide bonds. The third-order valence-electron chi connectivity index (χ3n) is 5.88. The smallest absolute Gasteiger partial charge is 1.00 e. The molecule has 0 aliphatic carbocycles. The Morgan fingerprint density at radius 2 is 1.40 bits per heavy atom. The topological polar surface area (TPSA) is 0 Å². The molecule has 0 aliphatic rings. The first-order chi connectivity index (χ1) is 15.7. The molecule has 6 aromatic carbocycles. The molecule has 0 radical (unpaired) electrons. The van der Waals surface area contributed by atoms with Crippen molar-refractivity contribution in [2.45, 2.75) is 0 Å². The van der Waals surface area contributed by atoms with Crippen LogP contribution in [-0.4, -0.2) is 0 Å². The standard InChI is InChI=1S/C15H10Br.C15H9S.2ClH.Zr/c16-15-7-6-12-8-13(9-14(12)10-15)11-4-2-1-3-5-11;1-3-10-8-13(5-1)16-15-6-2-4-11-7-12(10)9-14(11)15;;;/h1-10H;1-9H;2*1H;/q2*-1;;;+4/p-2. The fraction of sp³-hybridized carbons (Fsp3) is 0. The van der Waals surface area contributed by atoms with E-state index < -0.39 is 0 Å². The normalized spacial score (nSPS) is 10.3. The second kappa shape index (κ2) is 12.0. The molecule has 0 N–H and O–H groups in total. The zero-order valence-electron chi connectivity index (χ0n) is 18.5. The first kappa shape index (κ1) is 27.8. The average molecular weight is 654 g/mol. The second-order valence-electron chi connectivity index (χ2n) is 8.02. The first-order valence-electron chi connectivity index (χ1n) is 10.6. The number of halogens is 3. The average Bonchev–Trinajstić information content (AvgIpc) is 3.45. The van der Waals surface area contributed by atoms with Crippen LogP contribution in [0, 0.1) is 0 Å². The maximum Gasteiger partial charge on any atom is 4.00 e. The fourth-order valence-electron chi connectivity index (χ4n) is 4.30. The largest absolute Gasteiger partial charge is 4.00 e. The number of rotatable bonds is 1. The SMILES string of the molecule is Brc1ccc2[cH-]c(-c3ccccc3)cc2c1.[Cl-].[Cl-].[Zr+4].c1cc2cc(c1)c1cc3c(cccc3s2)[cH-]1. The van der Waals surface area contributed by atoms with Crippen molar-refractivity contribution < 1.29 is 51.0 Å². The van der Waals surface area contributed by atoms with Crippen LogP contribution in [-0.2, 0) is 26.2 Å². The van der Waals surface area contributed by atoms with Crippen LogP contribution < -0.4 is 24.8 Å². The summed E-state index contributed by atoms with van der Waals surface area (Å²) in [5, 5.41) is 7.98. The van der Waals surface area contributed by atoms with Gasteiger partial charge in [0.05, 0.1) is 0 Å². The van der Waals surface area contributed by atoms with E-state index in [1.54, 1.807) is 0 Å². The minimum Gasteiger partial charge on any atom is -1.00 e. The van der Waals surface area contributed by atoms with E-state index in [1.807, 2.05) is 17.4 Å². The van der Waals surface area contributed by atoms with Crippen molar-refractivity contribution in [3.8, 4) is 11.1 Å². The molecule has 0 aliphatic heterocycles. The van der Waals surface area contributed by atoms with Gasteiger partial charge in [-0.05, 0) is 10.8 Å². The van der Waals surface area contributed by atoms with Crippen LogP contribution in [0.25, 0.3) is 52.8 Å². The van der Waals surface area contributed by atoms with Gasteiger partial charge in [0.25, 0.3) is 0 Å². The summed E-state index contributed by atoms with van der Waals surface area (Å²) in [4.78, 5) is 0. The molecule has 170 valence electrons. The van der Waals surface area contributed by atoms with Crippen LogP contribution in [0.15, 0.2) is 120 Å². The molecule has 7 aromatic rings. The van der Waals surface area contributed by atoms with E-state index in [0.29, 0.717) is 0 Å². The summed E-state index contributed by atoms with van der Waals surface area (Å²) < 4.78 is 3.82. The van der Waals surface area contributed by atoms with Gasteiger partial charge in [0.2, 0.25) is 0 Å². The maximum atomic E-state index is 3.50. The molecular formula is C30H19BrCl2SZr. The predicted molar refractivity (Wildman–Crippen MR) is 145 cm³/mol. The molecule has 0 fully saturated rings. The molecule has 4 bridgehead atoms. The number of hydrogen-bond acceptors (Lipinski definition) is 1. The van der Waals surface area contributed by atoms with Crippen molar-refractivity contribution in [3.63, 3.8) is 0 Å². The van der Waals surface area contributed by atoms with Crippen LogP contribution in [0.2, 0.25) is 0 Å². The molecule has 0 saturated heterocycles. The van der Waals surface area contributed by atoms with E-state index in [2.05, 4.69) is 125 Å². The van der Waals surface area contributed by atoms with E-state index in [1.165, 1.54) is 52.8 Å². The number of hydrogen-bond donors (Lipinski definition) is 0. The Morgan fingerprint density at radius 1 is 0.600 bits per heavy atom. The molecule has 1 aromatic heterocycles. The quantitative estimate of drug-likeness (QED) is 0.236. The Balaban J connectivity index is 0.000000180. The summed E-state index contributed by atoms with van der Waals surface area (Å²) in [6.07, 6.45) is 0. The van der Waals surface area contributed by atoms with Gasteiger partial charge in [0.1, 0.15) is 0 Å². The number of benzene rings is 4. The Labute approximate surface area is 248 Å². The molecule has 7 rings (SSSR count). The Hall–Kier alpha value is -1.74. The van der Waals surface area contributed by atoms with Gasteiger partial charge in [-0.15, -0.1) is 74.8 Å². The van der Waals surface area contributed by atoms with E-state index in [4.69, 9.17) is 0 Å². The molecule has 0 nitrogen and oxygen atoms in total. The van der Waals surface area contributed by atoms with Gasteiger partial charge in [0.15, 0.2) is 0 Å². The Morgan fingerprint density at radius 3 is 2.23 bits per heavy atom. The fourth-order valence-corrected chi connectivity index (χ4v) is 5.70. The molecule has 0 saturated carbocycles. The zero-order valence-corrected chi connectivity index (χ0v) is 24.9. The van der Waals surface area contributed by atoms with Crippen LogP contribution in [0.4, 0.5) is 0 Å².